The first-order valence-electron chi connectivity index (χ1n) is 8.12. The molecule has 0 saturated heterocycles. The fraction of sp³-hybridized carbons (Fsp3) is 0.158. The molecule has 1 heterocycles. The molecule has 0 spiro atoms. The van der Waals surface area contributed by atoms with E-state index < -0.39 is 0 Å². The van der Waals surface area contributed by atoms with E-state index in [0.29, 0.717) is 11.3 Å². The van der Waals surface area contributed by atoms with Gasteiger partial charge in [-0.15, -0.1) is 10.2 Å². The largest absolute Gasteiger partial charge is 0.326 e. The molecule has 0 aliphatic rings. The molecule has 0 radical (unpaired) electrons. The van der Waals surface area contributed by atoms with Crippen LogP contribution in [0.4, 0.5) is 5.69 Å². The first-order chi connectivity index (χ1) is 12.6. The molecule has 0 fully saturated rings. The average Bonchev–Trinajstić information content (AvgIpc) is 3.07. The summed E-state index contributed by atoms with van der Waals surface area (Å²) in [6.07, 6.45) is 1.99. The number of Topliss-reactive ketones (excluding diaryl/α,β-unsaturated/α-hetero) is 1. The van der Waals surface area contributed by atoms with Gasteiger partial charge in [0.15, 0.2) is 10.9 Å². The van der Waals surface area contributed by atoms with E-state index >= 15 is 0 Å². The number of carbonyl (C=O) groups is 2. The average molecular weight is 366 g/mol. The van der Waals surface area contributed by atoms with Gasteiger partial charge in [-0.05, 0) is 36.0 Å². The maximum Gasteiger partial charge on any atom is 0.224 e. The predicted octanol–water partition coefficient (Wildman–Crippen LogP) is 3.57. The molecule has 7 heteroatoms. The van der Waals surface area contributed by atoms with Crippen molar-refractivity contribution in [3.8, 4) is 0 Å². The molecule has 2 aromatic carbocycles. The van der Waals surface area contributed by atoms with Crippen LogP contribution in [0.2, 0.25) is 0 Å². The summed E-state index contributed by atoms with van der Waals surface area (Å²) in [6.45, 7) is 0. The zero-order valence-electron chi connectivity index (χ0n) is 14.3. The molecular formula is C19H18N4O2S. The third-order valence-corrected chi connectivity index (χ3v) is 4.75. The third-order valence-electron chi connectivity index (χ3n) is 3.69. The van der Waals surface area contributed by atoms with Gasteiger partial charge in [0.1, 0.15) is 6.33 Å². The minimum Gasteiger partial charge on any atom is -0.326 e. The molecule has 3 aromatic rings. The number of nitrogens with zero attached hydrogens (tertiary/aromatic N) is 3. The second-order valence-corrected chi connectivity index (χ2v) is 6.73. The summed E-state index contributed by atoms with van der Waals surface area (Å²) in [7, 11) is 1.88. The van der Waals surface area contributed by atoms with E-state index in [-0.39, 0.29) is 24.5 Å². The molecule has 0 aliphatic carbocycles. The van der Waals surface area contributed by atoms with Gasteiger partial charge in [-0.25, -0.2) is 0 Å². The van der Waals surface area contributed by atoms with Gasteiger partial charge >= 0.3 is 0 Å². The number of aromatic nitrogens is 3. The molecule has 1 amide bonds. The van der Waals surface area contributed by atoms with Crippen molar-refractivity contribution < 1.29 is 9.59 Å². The van der Waals surface area contributed by atoms with Crippen LogP contribution in [0.1, 0.15) is 23.2 Å². The lowest BCUT2D eigenvalue weighted by molar-refractivity contribution is -0.116. The summed E-state index contributed by atoms with van der Waals surface area (Å²) in [5.41, 5.74) is 1.33. The molecule has 0 saturated carbocycles. The van der Waals surface area contributed by atoms with Crippen LogP contribution < -0.4 is 5.32 Å². The van der Waals surface area contributed by atoms with Gasteiger partial charge < -0.3 is 9.88 Å². The first kappa shape index (κ1) is 17.9. The zero-order chi connectivity index (χ0) is 18.4. The smallest absolute Gasteiger partial charge is 0.224 e. The Balaban J connectivity index is 1.50. The van der Waals surface area contributed by atoms with E-state index in [9.17, 15) is 9.59 Å². The number of hydrogen-bond acceptors (Lipinski definition) is 5. The topological polar surface area (TPSA) is 76.9 Å². The Morgan fingerprint density at radius 2 is 1.77 bits per heavy atom. The normalized spacial score (nSPS) is 10.5. The molecule has 26 heavy (non-hydrogen) atoms. The Bertz CT molecular complexity index is 891. The van der Waals surface area contributed by atoms with Crippen molar-refractivity contribution in [2.75, 3.05) is 5.32 Å². The summed E-state index contributed by atoms with van der Waals surface area (Å²) in [4.78, 5) is 25.1. The molecule has 0 aliphatic heterocycles. The SMILES string of the molecule is Cn1cnnc1Sc1ccc(NC(=O)CCC(=O)c2ccccc2)cc1. The first-order valence-corrected chi connectivity index (χ1v) is 8.93. The maximum absolute atomic E-state index is 12.0. The highest BCUT2D eigenvalue weighted by Gasteiger charge is 2.09. The Labute approximate surface area is 155 Å². The van der Waals surface area contributed by atoms with Crippen molar-refractivity contribution in [2.45, 2.75) is 22.9 Å². The summed E-state index contributed by atoms with van der Waals surface area (Å²) >= 11 is 1.49. The van der Waals surface area contributed by atoms with Crippen molar-refractivity contribution in [1.82, 2.24) is 14.8 Å². The monoisotopic (exact) mass is 366 g/mol. The Kier molecular flexibility index (Phi) is 5.80. The molecule has 0 bridgehead atoms. The van der Waals surface area contributed by atoms with Crippen molar-refractivity contribution in [3.63, 3.8) is 0 Å². The van der Waals surface area contributed by atoms with Crippen LogP contribution in [-0.4, -0.2) is 26.5 Å². The standard InChI is InChI=1S/C19H18N4O2S/c1-23-13-20-22-19(23)26-16-9-7-15(8-10-16)21-18(25)12-11-17(24)14-5-3-2-4-6-14/h2-10,13H,11-12H2,1H3,(H,21,25). The number of ketones is 1. The summed E-state index contributed by atoms with van der Waals surface area (Å²) in [5, 5.41) is 11.5. The van der Waals surface area contributed by atoms with Gasteiger partial charge in [0, 0.05) is 36.0 Å². The molecule has 1 N–H and O–H groups in total. The van der Waals surface area contributed by atoms with E-state index in [4.69, 9.17) is 0 Å². The van der Waals surface area contributed by atoms with Crippen LogP contribution in [0, 0.1) is 0 Å². The predicted molar refractivity (Wildman–Crippen MR) is 100 cm³/mol. The number of benzene rings is 2. The van der Waals surface area contributed by atoms with Gasteiger partial charge in [-0.3, -0.25) is 9.59 Å². The second kappa shape index (κ2) is 8.44. The van der Waals surface area contributed by atoms with E-state index in [0.717, 1.165) is 10.1 Å². The molecule has 132 valence electrons. The minimum absolute atomic E-state index is 0.0313. The summed E-state index contributed by atoms with van der Waals surface area (Å²) in [5.74, 6) is -0.209. The van der Waals surface area contributed by atoms with Crippen molar-refractivity contribution in [2.24, 2.45) is 7.05 Å². The number of carbonyl (C=O) groups excluding carboxylic acids is 2. The summed E-state index contributed by atoms with van der Waals surface area (Å²) < 4.78 is 1.84. The lowest BCUT2D eigenvalue weighted by atomic mass is 10.1. The van der Waals surface area contributed by atoms with E-state index in [1.54, 1.807) is 18.5 Å². The molecule has 3 rings (SSSR count). The van der Waals surface area contributed by atoms with Crippen molar-refractivity contribution in [1.29, 1.82) is 0 Å². The lowest BCUT2D eigenvalue weighted by Crippen LogP contribution is -2.13. The minimum atomic E-state index is -0.178. The molecule has 0 atom stereocenters. The number of hydrogen-bond donors (Lipinski definition) is 1. The number of nitrogens with one attached hydrogen (secondary N) is 1. The van der Waals surface area contributed by atoms with Gasteiger partial charge in [0.2, 0.25) is 5.91 Å². The van der Waals surface area contributed by atoms with Crippen LogP contribution in [0.5, 0.6) is 0 Å². The Morgan fingerprint density at radius 1 is 1.04 bits per heavy atom. The van der Waals surface area contributed by atoms with E-state index in [1.807, 2.05) is 54.1 Å². The second-order valence-electron chi connectivity index (χ2n) is 5.69. The molecular weight excluding hydrogens is 348 g/mol. The summed E-state index contributed by atoms with van der Waals surface area (Å²) in [6, 6.07) is 16.5. The maximum atomic E-state index is 12.0. The van der Waals surface area contributed by atoms with Crippen LogP contribution in [-0.2, 0) is 11.8 Å². The van der Waals surface area contributed by atoms with Crippen LogP contribution in [0.25, 0.3) is 0 Å². The number of amides is 1. The quantitative estimate of drug-likeness (QED) is 0.647. The van der Waals surface area contributed by atoms with Crippen LogP contribution in [0.3, 0.4) is 0 Å². The highest BCUT2D eigenvalue weighted by Crippen LogP contribution is 2.26. The number of aryl methyl sites for hydroxylation is 1. The molecule has 1 aromatic heterocycles. The third kappa shape index (κ3) is 4.80. The highest BCUT2D eigenvalue weighted by molar-refractivity contribution is 7.99. The Morgan fingerprint density at radius 3 is 2.42 bits per heavy atom. The zero-order valence-corrected chi connectivity index (χ0v) is 15.1. The van der Waals surface area contributed by atoms with Gasteiger partial charge in [-0.1, -0.05) is 30.3 Å². The fourth-order valence-electron chi connectivity index (χ4n) is 2.30. The van der Waals surface area contributed by atoms with Gasteiger partial charge in [-0.2, -0.15) is 0 Å². The number of anilines is 1. The van der Waals surface area contributed by atoms with E-state index in [1.165, 1.54) is 11.8 Å². The number of rotatable bonds is 7. The Hall–Kier alpha value is -2.93. The van der Waals surface area contributed by atoms with Crippen LogP contribution >= 0.6 is 11.8 Å². The molecule has 0 unspecified atom stereocenters. The lowest BCUT2D eigenvalue weighted by Gasteiger charge is -2.06. The van der Waals surface area contributed by atoms with E-state index in [2.05, 4.69) is 15.5 Å². The molecule has 6 nitrogen and oxygen atoms in total. The van der Waals surface area contributed by atoms with Gasteiger partial charge in [0.05, 0.1) is 0 Å². The van der Waals surface area contributed by atoms with Crippen LogP contribution in [0.15, 0.2) is 71.0 Å². The van der Waals surface area contributed by atoms with Crippen molar-refractivity contribution in [3.05, 3.63) is 66.5 Å². The van der Waals surface area contributed by atoms with Crippen molar-refractivity contribution >= 4 is 29.1 Å². The fourth-order valence-corrected chi connectivity index (χ4v) is 3.06. The van der Waals surface area contributed by atoms with Gasteiger partial charge in [0.25, 0.3) is 0 Å². The highest BCUT2D eigenvalue weighted by atomic mass is 32.2.